The summed E-state index contributed by atoms with van der Waals surface area (Å²) in [6.07, 6.45) is 26.4. The van der Waals surface area contributed by atoms with Gasteiger partial charge in [0, 0.05) is 68.4 Å². The Kier molecular flexibility index (Phi) is 17.3. The minimum absolute atomic E-state index is 0.795. The second-order valence-electron chi connectivity index (χ2n) is 22.4. The number of fused-ring (bicyclic) bond motifs is 16. The van der Waals surface area contributed by atoms with Gasteiger partial charge in [-0.2, -0.15) is 0 Å². The van der Waals surface area contributed by atoms with Crippen molar-refractivity contribution >= 4 is 103 Å². The Morgan fingerprint density at radius 2 is 0.622 bits per heavy atom. The molecule has 4 aliphatic rings. The van der Waals surface area contributed by atoms with Crippen LogP contribution in [-0.2, 0) is 77.3 Å². The molecule has 0 atom stereocenters. The summed E-state index contributed by atoms with van der Waals surface area (Å²) < 4.78 is 5.22. The number of hydrogen-bond donors (Lipinski definition) is 2. The first-order valence-electron chi connectivity index (χ1n) is 32.1. The molecule has 8 nitrogen and oxygen atoms in total. The average Bonchev–Trinajstić information content (AvgIpc) is 4.58. The fourth-order valence-electron chi connectivity index (χ4n) is 15.0. The molecule has 4 aliphatic heterocycles. The molecule has 82 heavy (non-hydrogen) atoms. The van der Waals surface area contributed by atoms with Crippen LogP contribution in [0.3, 0.4) is 0 Å². The van der Waals surface area contributed by atoms with E-state index < -0.39 is 0 Å². The van der Waals surface area contributed by atoms with Crippen molar-refractivity contribution in [2.75, 3.05) is 0 Å². The van der Waals surface area contributed by atoms with Crippen molar-refractivity contribution in [1.29, 1.82) is 0 Å². The lowest BCUT2D eigenvalue weighted by Gasteiger charge is -2.13. The molecular weight excluding hydrogens is 1000 g/mol. The highest BCUT2D eigenvalue weighted by atomic mass is 15.0. The van der Waals surface area contributed by atoms with E-state index in [9.17, 15) is 0 Å². The molecule has 0 aliphatic carbocycles. The number of H-pyrrole nitrogens is 2. The fourth-order valence-corrected chi connectivity index (χ4v) is 15.0. The number of rotatable bonds is 18. The lowest BCUT2D eigenvalue weighted by Crippen LogP contribution is -2.00. The van der Waals surface area contributed by atoms with Crippen molar-refractivity contribution < 1.29 is 0 Å². The molecule has 0 amide bonds. The Morgan fingerprint density at radius 1 is 0.317 bits per heavy atom. The molecular formula is C74H92N8. The predicted molar refractivity (Wildman–Crippen MR) is 356 cm³/mol. The molecule has 0 aromatic carbocycles. The van der Waals surface area contributed by atoms with E-state index in [1.165, 1.54) is 122 Å². The van der Waals surface area contributed by atoms with Crippen LogP contribution in [0.25, 0.3) is 103 Å². The van der Waals surface area contributed by atoms with E-state index >= 15 is 0 Å². The van der Waals surface area contributed by atoms with Gasteiger partial charge < -0.3 is 19.1 Å². The second-order valence-corrected chi connectivity index (χ2v) is 22.4. The zero-order chi connectivity index (χ0) is 58.3. The quantitative estimate of drug-likeness (QED) is 0.0895. The van der Waals surface area contributed by atoms with E-state index in [0.29, 0.717) is 0 Å². The summed E-state index contributed by atoms with van der Waals surface area (Å²) in [5.74, 6) is 0. The van der Waals surface area contributed by atoms with Crippen LogP contribution in [0.15, 0.2) is 24.3 Å². The Balaban J connectivity index is 1.50. The highest BCUT2D eigenvalue weighted by Crippen LogP contribution is 2.45. The van der Waals surface area contributed by atoms with Gasteiger partial charge in [-0.05, 0) is 231 Å². The molecule has 0 saturated heterocycles. The van der Waals surface area contributed by atoms with Gasteiger partial charge in [0.2, 0.25) is 0 Å². The van der Waals surface area contributed by atoms with Crippen molar-refractivity contribution in [1.82, 2.24) is 39.0 Å². The van der Waals surface area contributed by atoms with Gasteiger partial charge in [-0.15, -0.1) is 0 Å². The zero-order valence-corrected chi connectivity index (χ0v) is 52.8. The van der Waals surface area contributed by atoms with Gasteiger partial charge in [0.25, 0.3) is 0 Å². The van der Waals surface area contributed by atoms with Gasteiger partial charge in [-0.25, -0.2) is 19.9 Å². The first-order chi connectivity index (χ1) is 40.0. The summed E-state index contributed by atoms with van der Waals surface area (Å²) in [5.41, 5.74) is 39.6. The topological polar surface area (TPSA) is 93.0 Å². The SMILES string of the molecule is CCC1=C(CC)c2nc1c(CC)c1[nH]c(cc3nc(cc4c(CC)c(CC)c(c2C=Cc2c5nc(c(CC)c6[nH]c(cc7nc(cc8c(CC)c(CC)c2n8CC)C=C7)c(CC)c6CC)C(CC)=C5CC)n4CC)C=C3)c(CC)c1CC. The van der Waals surface area contributed by atoms with Gasteiger partial charge in [-0.3, -0.25) is 0 Å². The molecule has 10 rings (SSSR count). The third-order valence-electron chi connectivity index (χ3n) is 18.6. The monoisotopic (exact) mass is 1090 g/mol. The summed E-state index contributed by atoms with van der Waals surface area (Å²) in [6.45, 7) is 38.9. The lowest BCUT2D eigenvalue weighted by atomic mass is 9.92. The highest BCUT2D eigenvalue weighted by molar-refractivity contribution is 6.03. The van der Waals surface area contributed by atoms with Crippen LogP contribution in [0, 0.1) is 0 Å². The number of allylic oxidation sites excluding steroid dienone is 4. The molecule has 0 unspecified atom stereocenters. The summed E-state index contributed by atoms with van der Waals surface area (Å²) in [4.78, 5) is 31.0. The predicted octanol–water partition coefficient (Wildman–Crippen LogP) is 19.5. The molecule has 6 aromatic heterocycles. The third-order valence-corrected chi connectivity index (χ3v) is 18.6. The summed E-state index contributed by atoms with van der Waals surface area (Å²) in [7, 11) is 0. The maximum atomic E-state index is 6.12. The Morgan fingerprint density at radius 3 is 0.915 bits per heavy atom. The lowest BCUT2D eigenvalue weighted by molar-refractivity contribution is 0.820. The molecule has 428 valence electrons. The van der Waals surface area contributed by atoms with E-state index in [1.807, 2.05) is 0 Å². The highest BCUT2D eigenvalue weighted by Gasteiger charge is 2.30. The van der Waals surface area contributed by atoms with E-state index in [-0.39, 0.29) is 0 Å². The summed E-state index contributed by atoms with van der Waals surface area (Å²) >= 11 is 0. The third kappa shape index (κ3) is 9.44. The molecule has 0 saturated carbocycles. The van der Waals surface area contributed by atoms with Crippen molar-refractivity contribution in [2.45, 2.75) is 214 Å². The van der Waals surface area contributed by atoms with Crippen molar-refractivity contribution in [3.05, 3.63) is 137 Å². The number of aromatic amines is 2. The van der Waals surface area contributed by atoms with Gasteiger partial charge in [-0.1, -0.05) is 96.9 Å². The zero-order valence-electron chi connectivity index (χ0n) is 52.8. The molecule has 0 spiro atoms. The van der Waals surface area contributed by atoms with E-state index in [2.05, 4.69) is 191 Å². The average molecular weight is 1090 g/mol. The number of nitrogens with one attached hydrogen (secondary N) is 2. The number of aryl methyl sites for hydroxylation is 12. The van der Waals surface area contributed by atoms with E-state index in [4.69, 9.17) is 19.9 Å². The van der Waals surface area contributed by atoms with Crippen molar-refractivity contribution in [3.8, 4) is 0 Å². The molecule has 16 bridgehead atoms. The molecule has 6 aromatic rings. The van der Waals surface area contributed by atoms with Gasteiger partial charge in [0.1, 0.15) is 0 Å². The maximum Gasteiger partial charge on any atom is 0.0765 e. The number of aromatic nitrogens is 8. The minimum Gasteiger partial charge on any atom is -0.355 e. The van der Waals surface area contributed by atoms with Crippen LogP contribution >= 0.6 is 0 Å². The van der Waals surface area contributed by atoms with Crippen LogP contribution in [0.4, 0.5) is 0 Å². The standard InChI is InChI=1S/C74H92N8/c1-17-47-51(21-5)67-59(29-13)69-53(23-7)55(25-9)71(79-69)61(73-57(27-11)49(19-3)65(81(73)31-15)41-45-35-33-43(75-45)39-63(47)77-67)37-38-62-72-56(26-10)54(24-8)70(80-72)60(30-14)68-52(22-6)48(18-2)64(78-68)40-44-34-36-46(76-44)42-66-50(20-4)58(28-12)74(62)82(66)32-16/h33-42,77-78H,17-32H2,1-16H3. The first kappa shape index (κ1) is 58.1. The Bertz CT molecular complexity index is 3790. The fraction of sp³-hybridized carbons (Fsp3) is 0.432. The van der Waals surface area contributed by atoms with Crippen LogP contribution in [0.5, 0.6) is 0 Å². The smallest absolute Gasteiger partial charge is 0.0765 e. The maximum absolute atomic E-state index is 6.12. The van der Waals surface area contributed by atoms with Gasteiger partial charge >= 0.3 is 0 Å². The first-order valence-corrected chi connectivity index (χ1v) is 32.1. The van der Waals surface area contributed by atoms with Crippen molar-refractivity contribution in [2.24, 2.45) is 0 Å². The molecule has 2 N–H and O–H groups in total. The molecule has 10 heterocycles. The van der Waals surface area contributed by atoms with E-state index in [0.717, 1.165) is 160 Å². The minimum atomic E-state index is 0.795. The van der Waals surface area contributed by atoms with Crippen LogP contribution in [0.2, 0.25) is 0 Å². The Labute approximate surface area is 489 Å². The summed E-state index contributed by atoms with van der Waals surface area (Å²) in [5, 5.41) is 0. The molecule has 0 fully saturated rings. The van der Waals surface area contributed by atoms with Gasteiger partial charge in [0.05, 0.1) is 56.6 Å². The second kappa shape index (κ2) is 24.4. The molecule has 8 heteroatoms. The normalized spacial score (nSPS) is 13.4. The van der Waals surface area contributed by atoms with Gasteiger partial charge in [0.15, 0.2) is 0 Å². The van der Waals surface area contributed by atoms with Crippen LogP contribution < -0.4 is 0 Å². The van der Waals surface area contributed by atoms with E-state index in [1.54, 1.807) is 0 Å². The Hall–Kier alpha value is -7.06. The number of nitrogens with zero attached hydrogens (tertiary/aromatic N) is 6. The summed E-state index contributed by atoms with van der Waals surface area (Å²) in [6, 6.07) is 9.28. The van der Waals surface area contributed by atoms with Crippen LogP contribution in [0.1, 0.15) is 249 Å². The van der Waals surface area contributed by atoms with Crippen LogP contribution in [-0.4, -0.2) is 39.0 Å². The number of hydrogen-bond acceptors (Lipinski definition) is 4. The van der Waals surface area contributed by atoms with Crippen molar-refractivity contribution in [3.63, 3.8) is 0 Å². The molecule has 0 radical (unpaired) electrons. The largest absolute Gasteiger partial charge is 0.355 e.